The highest BCUT2D eigenvalue weighted by Crippen LogP contribution is 2.31. The first-order valence-electron chi connectivity index (χ1n) is 12.0. The van der Waals surface area contributed by atoms with E-state index in [0.717, 1.165) is 0 Å². The molecule has 40 heavy (non-hydrogen) atoms. The maximum atomic E-state index is 13.2. The molecule has 1 aliphatic heterocycles. The quantitative estimate of drug-likeness (QED) is 0.332. The van der Waals surface area contributed by atoms with Gasteiger partial charge in [-0.1, -0.05) is 0 Å². The van der Waals surface area contributed by atoms with Crippen molar-refractivity contribution in [2.24, 2.45) is 0 Å². The van der Waals surface area contributed by atoms with Crippen LogP contribution in [0.1, 0.15) is 10.4 Å². The Morgan fingerprint density at radius 2 is 1.50 bits per heavy atom. The molecule has 0 unspecified atom stereocenters. The second-order valence-corrected chi connectivity index (χ2v) is 12.8. The molecule has 0 saturated carbocycles. The van der Waals surface area contributed by atoms with Gasteiger partial charge in [-0.25, -0.2) is 16.8 Å². The van der Waals surface area contributed by atoms with Gasteiger partial charge >= 0.3 is 0 Å². The molecule has 0 aromatic heterocycles. The monoisotopic (exact) mass is 607 g/mol. The van der Waals surface area contributed by atoms with E-state index in [2.05, 4.69) is 9.44 Å². The van der Waals surface area contributed by atoms with Crippen molar-refractivity contribution in [2.75, 3.05) is 56.2 Å². The highest BCUT2D eigenvalue weighted by Gasteiger charge is 2.24. The first kappa shape index (κ1) is 29.5. The van der Waals surface area contributed by atoms with E-state index in [4.69, 9.17) is 14.2 Å². The smallest absolute Gasteiger partial charge is 0.262 e. The fourth-order valence-electron chi connectivity index (χ4n) is 3.97. The molecule has 2 N–H and O–H groups in total. The Bertz CT molecular complexity index is 1590. The van der Waals surface area contributed by atoms with Crippen molar-refractivity contribution in [3.63, 3.8) is 0 Å². The molecule has 1 fully saturated rings. The number of rotatable bonds is 10. The maximum Gasteiger partial charge on any atom is 0.262 e. The van der Waals surface area contributed by atoms with Gasteiger partial charge in [0.25, 0.3) is 26.0 Å². The maximum absolute atomic E-state index is 13.2. The average Bonchev–Trinajstić information content (AvgIpc) is 2.96. The molecule has 3 aromatic rings. The molecule has 1 saturated heterocycles. The number of hydrogen-bond donors (Lipinski definition) is 2. The van der Waals surface area contributed by atoms with Crippen molar-refractivity contribution < 1.29 is 35.8 Å². The van der Waals surface area contributed by atoms with Crippen molar-refractivity contribution in [1.29, 1.82) is 0 Å². The minimum absolute atomic E-state index is 0.0922. The zero-order valence-corrected chi connectivity index (χ0v) is 24.5. The van der Waals surface area contributed by atoms with Crippen LogP contribution in [0.5, 0.6) is 11.5 Å². The van der Waals surface area contributed by atoms with Crippen LogP contribution in [0, 0.1) is 0 Å². The zero-order chi connectivity index (χ0) is 28.9. The van der Waals surface area contributed by atoms with E-state index < -0.39 is 20.0 Å². The van der Waals surface area contributed by atoms with Crippen LogP contribution in [0.15, 0.2) is 75.4 Å². The Kier molecular flexibility index (Phi) is 9.13. The highest BCUT2D eigenvalue weighted by molar-refractivity contribution is 7.98. The fourth-order valence-corrected chi connectivity index (χ4v) is 6.69. The Labute approximate surface area is 237 Å². The molecule has 0 aliphatic carbocycles. The normalized spacial score (nSPS) is 13.9. The number of hydrogen-bond acceptors (Lipinski definition) is 9. The van der Waals surface area contributed by atoms with Gasteiger partial charge < -0.3 is 19.1 Å². The summed E-state index contributed by atoms with van der Waals surface area (Å²) in [4.78, 5) is 15.2. The molecular weight excluding hydrogens is 579 g/mol. The number of benzene rings is 3. The summed E-state index contributed by atoms with van der Waals surface area (Å²) >= 11 is 1.35. The predicted octanol–water partition coefficient (Wildman–Crippen LogP) is 3.50. The van der Waals surface area contributed by atoms with Crippen LogP contribution in [-0.4, -0.2) is 74.4 Å². The van der Waals surface area contributed by atoms with E-state index in [9.17, 15) is 21.6 Å². The van der Waals surface area contributed by atoms with Gasteiger partial charge in [-0.05, 0) is 60.9 Å². The Morgan fingerprint density at radius 3 is 2.12 bits per heavy atom. The molecule has 1 heterocycles. The molecule has 1 aliphatic rings. The summed E-state index contributed by atoms with van der Waals surface area (Å²) in [5.41, 5.74) is 0.619. The van der Waals surface area contributed by atoms with Gasteiger partial charge in [0.2, 0.25) is 0 Å². The summed E-state index contributed by atoms with van der Waals surface area (Å²) in [6.45, 7) is 1.70. The van der Waals surface area contributed by atoms with Crippen molar-refractivity contribution in [1.82, 2.24) is 4.90 Å². The van der Waals surface area contributed by atoms with E-state index >= 15 is 0 Å². The molecule has 11 nitrogen and oxygen atoms in total. The Morgan fingerprint density at radius 1 is 0.850 bits per heavy atom. The topological polar surface area (TPSA) is 140 Å². The summed E-state index contributed by atoms with van der Waals surface area (Å²) in [7, 11) is -5.25. The van der Waals surface area contributed by atoms with Gasteiger partial charge in [-0.3, -0.25) is 14.2 Å². The molecule has 14 heteroatoms. The number of carbonyl (C=O) groups is 1. The molecular formula is C26H29N3O8S3. The van der Waals surface area contributed by atoms with Crippen LogP contribution in [0.3, 0.4) is 0 Å². The largest absolute Gasteiger partial charge is 0.497 e. The lowest BCUT2D eigenvalue weighted by Gasteiger charge is -2.27. The number of sulfonamides is 2. The van der Waals surface area contributed by atoms with Gasteiger partial charge in [0.05, 0.1) is 48.5 Å². The van der Waals surface area contributed by atoms with Crippen molar-refractivity contribution in [3.05, 3.63) is 66.2 Å². The molecule has 0 spiro atoms. The molecule has 1 amide bonds. The summed E-state index contributed by atoms with van der Waals surface area (Å²) in [6.07, 6.45) is 1.81. The summed E-state index contributed by atoms with van der Waals surface area (Å²) in [5.74, 6) is 0.468. The van der Waals surface area contributed by atoms with Crippen LogP contribution in [-0.2, 0) is 24.8 Å². The lowest BCUT2D eigenvalue weighted by atomic mass is 10.2. The van der Waals surface area contributed by atoms with Gasteiger partial charge in [0, 0.05) is 29.7 Å². The minimum atomic E-state index is -4.09. The number of ether oxygens (including phenoxy) is 3. The fraction of sp³-hybridized carbons (Fsp3) is 0.269. The second-order valence-electron chi connectivity index (χ2n) is 8.57. The number of methoxy groups -OCH3 is 2. The highest BCUT2D eigenvalue weighted by atomic mass is 32.2. The van der Waals surface area contributed by atoms with E-state index in [1.807, 2.05) is 6.26 Å². The van der Waals surface area contributed by atoms with Gasteiger partial charge in [-0.2, -0.15) is 0 Å². The number of amides is 1. The number of morpholine rings is 1. The summed E-state index contributed by atoms with van der Waals surface area (Å²) in [6, 6.07) is 14.3. The molecule has 0 bridgehead atoms. The number of nitrogens with one attached hydrogen (secondary N) is 2. The summed E-state index contributed by atoms with van der Waals surface area (Å²) < 4.78 is 72.9. The molecule has 0 radical (unpaired) electrons. The Hall–Kier alpha value is -3.46. The molecule has 214 valence electrons. The average molecular weight is 608 g/mol. The lowest BCUT2D eigenvalue weighted by Crippen LogP contribution is -2.40. The molecule has 3 aromatic carbocycles. The third kappa shape index (κ3) is 6.63. The van der Waals surface area contributed by atoms with E-state index in [1.165, 1.54) is 68.4 Å². The van der Waals surface area contributed by atoms with Crippen molar-refractivity contribution in [3.8, 4) is 11.5 Å². The van der Waals surface area contributed by atoms with Crippen LogP contribution in [0.2, 0.25) is 0 Å². The third-order valence-electron chi connectivity index (χ3n) is 6.08. The van der Waals surface area contributed by atoms with Crippen LogP contribution in [0.25, 0.3) is 0 Å². The number of nitrogens with zero attached hydrogens (tertiary/aromatic N) is 1. The Balaban J connectivity index is 1.54. The predicted molar refractivity (Wildman–Crippen MR) is 153 cm³/mol. The van der Waals surface area contributed by atoms with Crippen LogP contribution >= 0.6 is 11.8 Å². The standard InChI is InChI=1S/C26H29N3O8S3/c1-35-19-6-10-24(36-2)23(16-19)28-39(31,32)20-7-4-18(5-8-20)27-40(33,34)21-9-11-25(38-3)22(17-21)26(30)29-12-14-37-15-13-29/h4-11,16-17,27-28H,12-15H2,1-3H3. The first-order valence-corrected chi connectivity index (χ1v) is 16.2. The van der Waals surface area contributed by atoms with Gasteiger partial charge in [0.1, 0.15) is 11.5 Å². The number of thioether (sulfide) groups is 1. The minimum Gasteiger partial charge on any atom is -0.497 e. The lowest BCUT2D eigenvalue weighted by molar-refractivity contribution is 0.0300. The van der Waals surface area contributed by atoms with Crippen molar-refractivity contribution >= 4 is 49.1 Å². The van der Waals surface area contributed by atoms with E-state index in [1.54, 1.807) is 23.1 Å². The number of carbonyl (C=O) groups excluding carboxylic acids is 1. The SMILES string of the molecule is COc1ccc(OC)c(NS(=O)(=O)c2ccc(NS(=O)(=O)c3ccc(SC)c(C(=O)N4CCOCC4)c3)cc2)c1. The second kappa shape index (κ2) is 12.4. The summed E-state index contributed by atoms with van der Waals surface area (Å²) in [5, 5.41) is 0. The van der Waals surface area contributed by atoms with Gasteiger partial charge in [0.15, 0.2) is 0 Å². The van der Waals surface area contributed by atoms with E-state index in [0.29, 0.717) is 42.7 Å². The van der Waals surface area contributed by atoms with Gasteiger partial charge in [-0.15, -0.1) is 11.8 Å². The van der Waals surface area contributed by atoms with Crippen LogP contribution < -0.4 is 18.9 Å². The number of anilines is 2. The molecule has 4 rings (SSSR count). The molecule has 0 atom stereocenters. The first-order chi connectivity index (χ1) is 19.1. The van der Waals surface area contributed by atoms with Crippen LogP contribution in [0.4, 0.5) is 11.4 Å². The van der Waals surface area contributed by atoms with E-state index in [-0.39, 0.29) is 32.6 Å². The third-order valence-corrected chi connectivity index (χ3v) is 9.63. The zero-order valence-electron chi connectivity index (χ0n) is 22.0. The van der Waals surface area contributed by atoms with Crippen molar-refractivity contribution in [2.45, 2.75) is 14.7 Å².